The van der Waals surface area contributed by atoms with Crippen LogP contribution in [0.5, 0.6) is 0 Å². The quantitative estimate of drug-likeness (QED) is 0.338. The Kier molecular flexibility index (Phi) is 4.51. The van der Waals surface area contributed by atoms with Gasteiger partial charge in [-0.2, -0.15) is 4.39 Å². The Morgan fingerprint density at radius 1 is 1.60 bits per heavy atom. The van der Waals surface area contributed by atoms with E-state index in [9.17, 15) is 14.5 Å². The molecule has 0 aliphatic carbocycles. The average Bonchev–Trinajstić information content (AvgIpc) is 2.17. The molecule has 0 unspecified atom stereocenters. The smallest absolute Gasteiger partial charge is 0.318 e. The molecular weight excluding hydrogens is 221 g/mol. The van der Waals surface area contributed by atoms with Crippen LogP contribution in [0.3, 0.4) is 0 Å². The minimum absolute atomic E-state index is 0.331. The summed E-state index contributed by atoms with van der Waals surface area (Å²) in [5.74, 6) is -0.247. The molecule has 82 valence electrons. The Labute approximate surface area is 90.6 Å². The first-order valence-electron chi connectivity index (χ1n) is 4.21. The zero-order chi connectivity index (χ0) is 11.3. The predicted octanol–water partition coefficient (Wildman–Crippen LogP) is 2.47. The molecule has 0 heterocycles. The molecule has 0 fully saturated rings. The Morgan fingerprint density at radius 2 is 2.33 bits per heavy atom. The van der Waals surface area contributed by atoms with Crippen molar-refractivity contribution in [2.24, 2.45) is 0 Å². The van der Waals surface area contributed by atoms with Crippen LogP contribution in [0.15, 0.2) is 23.1 Å². The van der Waals surface area contributed by atoms with Gasteiger partial charge in [0.15, 0.2) is 0 Å². The summed E-state index contributed by atoms with van der Waals surface area (Å²) in [5.41, 5.74) is -0.460. The van der Waals surface area contributed by atoms with Gasteiger partial charge in [-0.1, -0.05) is 6.07 Å². The molecule has 1 aromatic rings. The Morgan fingerprint density at radius 3 is 2.93 bits per heavy atom. The standard InChI is InChI=1S/C9H10FNO3S/c1-14-5-6-15-8-4-2-3-7(10)9(8)11(12)13/h2-4H,5-6H2,1H3. The summed E-state index contributed by atoms with van der Waals surface area (Å²) < 4.78 is 17.9. The number of nitro groups is 1. The van der Waals surface area contributed by atoms with Crippen molar-refractivity contribution in [3.05, 3.63) is 34.1 Å². The lowest BCUT2D eigenvalue weighted by Gasteiger charge is -2.02. The van der Waals surface area contributed by atoms with E-state index in [2.05, 4.69) is 0 Å². The lowest BCUT2D eigenvalue weighted by atomic mass is 10.3. The second-order valence-electron chi connectivity index (χ2n) is 2.68. The van der Waals surface area contributed by atoms with Gasteiger partial charge in [0, 0.05) is 12.9 Å². The van der Waals surface area contributed by atoms with E-state index in [1.807, 2.05) is 0 Å². The highest BCUT2D eigenvalue weighted by Crippen LogP contribution is 2.30. The summed E-state index contributed by atoms with van der Waals surface area (Å²) in [4.78, 5) is 10.2. The number of para-hydroxylation sites is 1. The number of rotatable bonds is 5. The Bertz CT molecular complexity index is 359. The van der Waals surface area contributed by atoms with Crippen LogP contribution in [0.4, 0.5) is 10.1 Å². The van der Waals surface area contributed by atoms with Crippen molar-refractivity contribution in [3.8, 4) is 0 Å². The summed E-state index contributed by atoms with van der Waals surface area (Å²) in [6, 6.07) is 4.07. The number of nitrogens with zero attached hydrogens (tertiary/aromatic N) is 1. The topological polar surface area (TPSA) is 52.4 Å². The van der Waals surface area contributed by atoms with Crippen LogP contribution < -0.4 is 0 Å². The average molecular weight is 231 g/mol. The van der Waals surface area contributed by atoms with Crippen molar-refractivity contribution in [1.82, 2.24) is 0 Å². The lowest BCUT2D eigenvalue weighted by Crippen LogP contribution is -1.97. The van der Waals surface area contributed by atoms with Gasteiger partial charge in [-0.25, -0.2) is 0 Å². The van der Waals surface area contributed by atoms with E-state index in [1.165, 1.54) is 23.9 Å². The van der Waals surface area contributed by atoms with E-state index in [0.29, 0.717) is 17.3 Å². The maximum Gasteiger partial charge on any atom is 0.318 e. The van der Waals surface area contributed by atoms with Crippen LogP contribution in [0.2, 0.25) is 0 Å². The molecule has 0 aliphatic heterocycles. The summed E-state index contributed by atoms with van der Waals surface area (Å²) in [5, 5.41) is 10.6. The third kappa shape index (κ3) is 3.17. The monoisotopic (exact) mass is 231 g/mol. The minimum atomic E-state index is -0.803. The van der Waals surface area contributed by atoms with Crippen LogP contribution in [0.25, 0.3) is 0 Å². The number of hydrogen-bond donors (Lipinski definition) is 0. The molecule has 0 spiro atoms. The first-order valence-corrected chi connectivity index (χ1v) is 5.20. The molecule has 0 atom stereocenters. The molecular formula is C9H10FNO3S. The fourth-order valence-electron chi connectivity index (χ4n) is 1.02. The van der Waals surface area contributed by atoms with Crippen LogP contribution in [0.1, 0.15) is 0 Å². The van der Waals surface area contributed by atoms with Gasteiger partial charge < -0.3 is 4.74 Å². The highest BCUT2D eigenvalue weighted by Gasteiger charge is 2.19. The van der Waals surface area contributed by atoms with Crippen LogP contribution >= 0.6 is 11.8 Å². The molecule has 15 heavy (non-hydrogen) atoms. The second-order valence-corrected chi connectivity index (χ2v) is 3.82. The normalized spacial score (nSPS) is 10.3. The van der Waals surface area contributed by atoms with E-state index in [0.717, 1.165) is 6.07 Å². The molecule has 6 heteroatoms. The van der Waals surface area contributed by atoms with Crippen LogP contribution in [-0.4, -0.2) is 24.4 Å². The molecule has 0 N–H and O–H groups in total. The van der Waals surface area contributed by atoms with E-state index in [-0.39, 0.29) is 0 Å². The van der Waals surface area contributed by atoms with Gasteiger partial charge in [0.1, 0.15) is 0 Å². The molecule has 4 nitrogen and oxygen atoms in total. The maximum absolute atomic E-state index is 13.1. The molecule has 1 rings (SSSR count). The van der Waals surface area contributed by atoms with E-state index in [4.69, 9.17) is 4.74 Å². The van der Waals surface area contributed by atoms with Crippen molar-refractivity contribution >= 4 is 17.4 Å². The third-order valence-corrected chi connectivity index (χ3v) is 2.69. The van der Waals surface area contributed by atoms with Gasteiger partial charge in [0.2, 0.25) is 5.82 Å². The molecule has 0 aromatic heterocycles. The highest BCUT2D eigenvalue weighted by molar-refractivity contribution is 7.99. The first-order chi connectivity index (χ1) is 7.16. The van der Waals surface area contributed by atoms with Gasteiger partial charge in [0.05, 0.1) is 16.4 Å². The van der Waals surface area contributed by atoms with Crippen molar-refractivity contribution in [1.29, 1.82) is 0 Å². The Balaban J connectivity index is 2.86. The zero-order valence-electron chi connectivity index (χ0n) is 8.10. The van der Waals surface area contributed by atoms with Crippen LogP contribution in [0, 0.1) is 15.9 Å². The molecule has 0 saturated carbocycles. The third-order valence-electron chi connectivity index (χ3n) is 1.68. The number of benzene rings is 1. The van der Waals surface area contributed by atoms with Crippen molar-refractivity contribution in [3.63, 3.8) is 0 Å². The largest absolute Gasteiger partial charge is 0.384 e. The van der Waals surface area contributed by atoms with Crippen molar-refractivity contribution in [2.75, 3.05) is 19.5 Å². The van der Waals surface area contributed by atoms with Crippen molar-refractivity contribution < 1.29 is 14.1 Å². The fraction of sp³-hybridized carbons (Fsp3) is 0.333. The SMILES string of the molecule is COCCSc1cccc(F)c1[N+](=O)[O-]. The van der Waals surface area contributed by atoms with Crippen LogP contribution in [-0.2, 0) is 4.74 Å². The molecule has 0 bridgehead atoms. The molecule has 1 aromatic carbocycles. The van der Waals surface area contributed by atoms with E-state index >= 15 is 0 Å². The number of methoxy groups -OCH3 is 1. The number of thioether (sulfide) groups is 1. The summed E-state index contributed by atoms with van der Waals surface area (Å²) in [7, 11) is 1.54. The summed E-state index contributed by atoms with van der Waals surface area (Å²) in [6.07, 6.45) is 0. The fourth-order valence-corrected chi connectivity index (χ4v) is 1.98. The maximum atomic E-state index is 13.1. The lowest BCUT2D eigenvalue weighted by molar-refractivity contribution is -0.390. The number of ether oxygens (including phenoxy) is 1. The summed E-state index contributed by atoms with van der Waals surface area (Å²) >= 11 is 1.21. The predicted molar refractivity (Wildman–Crippen MR) is 55.7 cm³/mol. The molecule has 0 aliphatic rings. The highest BCUT2D eigenvalue weighted by atomic mass is 32.2. The molecule has 0 saturated heterocycles. The number of hydrogen-bond acceptors (Lipinski definition) is 4. The minimum Gasteiger partial charge on any atom is -0.384 e. The number of halogens is 1. The number of nitro benzene ring substituents is 1. The van der Waals surface area contributed by atoms with Gasteiger partial charge in [0.25, 0.3) is 0 Å². The summed E-state index contributed by atoms with van der Waals surface area (Å²) in [6.45, 7) is 0.471. The van der Waals surface area contributed by atoms with Gasteiger partial charge >= 0.3 is 5.69 Å². The Hall–Kier alpha value is -1.14. The van der Waals surface area contributed by atoms with Gasteiger partial charge in [-0.05, 0) is 12.1 Å². The van der Waals surface area contributed by atoms with E-state index in [1.54, 1.807) is 7.11 Å². The van der Waals surface area contributed by atoms with Gasteiger partial charge in [-0.3, -0.25) is 10.1 Å². The zero-order valence-corrected chi connectivity index (χ0v) is 8.92. The van der Waals surface area contributed by atoms with Gasteiger partial charge in [-0.15, -0.1) is 11.8 Å². The van der Waals surface area contributed by atoms with Crippen molar-refractivity contribution in [2.45, 2.75) is 4.90 Å². The second kappa shape index (κ2) is 5.67. The first kappa shape index (κ1) is 11.9. The van der Waals surface area contributed by atoms with E-state index < -0.39 is 16.4 Å². The molecule has 0 radical (unpaired) electrons. The molecule has 0 amide bonds.